The third kappa shape index (κ3) is 4.97. The van der Waals surface area contributed by atoms with Crippen LogP contribution in [0.5, 0.6) is 5.88 Å². The first-order valence-electron chi connectivity index (χ1n) is 9.08. The van der Waals surface area contributed by atoms with Gasteiger partial charge in [0.05, 0.1) is 19.7 Å². The normalized spacial score (nSPS) is 17.1. The minimum absolute atomic E-state index is 0.0162. The summed E-state index contributed by atoms with van der Waals surface area (Å²) in [5.74, 6) is 1.38. The average molecular weight is 367 g/mol. The first-order chi connectivity index (χ1) is 13.2. The van der Waals surface area contributed by atoms with E-state index in [0.29, 0.717) is 31.3 Å². The van der Waals surface area contributed by atoms with E-state index in [4.69, 9.17) is 4.74 Å². The molecule has 0 aliphatic carbocycles. The number of hydrogen-bond donors (Lipinski definition) is 2. The number of nitrogens with one attached hydrogen (secondary N) is 2. The lowest BCUT2D eigenvalue weighted by atomic mass is 10.2. The molecule has 0 spiro atoms. The van der Waals surface area contributed by atoms with E-state index < -0.39 is 0 Å². The predicted octanol–water partition coefficient (Wildman–Crippen LogP) is 1.95. The Morgan fingerprint density at radius 2 is 2.15 bits per heavy atom. The van der Waals surface area contributed by atoms with Crippen molar-refractivity contribution in [2.75, 3.05) is 25.1 Å². The minimum Gasteiger partial charge on any atom is -0.481 e. The summed E-state index contributed by atoms with van der Waals surface area (Å²) in [5, 5.41) is 6.62. The molecule has 1 aromatic carbocycles. The number of carbonyl (C=O) groups excluding carboxylic acids is 1. The number of aromatic nitrogens is 1. The molecule has 0 saturated carbocycles. The van der Waals surface area contributed by atoms with Crippen molar-refractivity contribution in [2.45, 2.75) is 25.9 Å². The number of hydrogen-bond acceptors (Lipinski definition) is 4. The average Bonchev–Trinajstić information content (AvgIpc) is 3.07. The van der Waals surface area contributed by atoms with Gasteiger partial charge < -0.3 is 20.3 Å². The third-order valence-corrected chi connectivity index (χ3v) is 4.31. The first-order valence-corrected chi connectivity index (χ1v) is 9.08. The molecule has 1 atom stereocenters. The number of para-hydroxylation sites is 1. The van der Waals surface area contributed by atoms with Crippen LogP contribution in [0.3, 0.4) is 0 Å². The number of nitrogens with zero attached hydrogens (tertiary/aromatic N) is 3. The molecule has 27 heavy (non-hydrogen) atoms. The molecular formula is C20H25N5O2. The summed E-state index contributed by atoms with van der Waals surface area (Å²) in [4.78, 5) is 22.9. The number of aliphatic imine (C=N–C) groups is 1. The number of methoxy groups -OCH3 is 1. The highest BCUT2D eigenvalue weighted by Gasteiger charge is 2.31. The van der Waals surface area contributed by atoms with Crippen molar-refractivity contribution in [3.63, 3.8) is 0 Å². The maximum atomic E-state index is 12.4. The van der Waals surface area contributed by atoms with Gasteiger partial charge in [-0.3, -0.25) is 4.79 Å². The zero-order chi connectivity index (χ0) is 19.1. The topological polar surface area (TPSA) is 78.9 Å². The maximum Gasteiger partial charge on any atom is 0.229 e. The SMILES string of the molecule is CCNC(=NCc1ccnc(OC)c1)NC1CC(=O)N(c2ccccc2)C1. The lowest BCUT2D eigenvalue weighted by Gasteiger charge is -2.19. The highest BCUT2D eigenvalue weighted by Crippen LogP contribution is 2.21. The zero-order valence-electron chi connectivity index (χ0n) is 15.7. The number of rotatable bonds is 6. The van der Waals surface area contributed by atoms with Crippen LogP contribution in [0.4, 0.5) is 5.69 Å². The second-order valence-corrected chi connectivity index (χ2v) is 6.29. The van der Waals surface area contributed by atoms with E-state index in [2.05, 4.69) is 20.6 Å². The van der Waals surface area contributed by atoms with E-state index >= 15 is 0 Å². The van der Waals surface area contributed by atoms with Gasteiger partial charge in [0, 0.05) is 37.5 Å². The number of ether oxygens (including phenoxy) is 1. The van der Waals surface area contributed by atoms with E-state index in [9.17, 15) is 4.79 Å². The summed E-state index contributed by atoms with van der Waals surface area (Å²) >= 11 is 0. The van der Waals surface area contributed by atoms with Gasteiger partial charge in [-0.05, 0) is 30.7 Å². The number of amides is 1. The summed E-state index contributed by atoms with van der Waals surface area (Å²) in [6.07, 6.45) is 2.15. The van der Waals surface area contributed by atoms with E-state index in [1.54, 1.807) is 13.3 Å². The molecule has 2 N–H and O–H groups in total. The molecule has 0 radical (unpaired) electrons. The van der Waals surface area contributed by atoms with Crippen molar-refractivity contribution in [1.82, 2.24) is 15.6 Å². The summed E-state index contributed by atoms with van der Waals surface area (Å²) in [5.41, 5.74) is 1.94. The minimum atomic E-state index is 0.0162. The second kappa shape index (κ2) is 9.02. The van der Waals surface area contributed by atoms with E-state index in [1.807, 2.05) is 54.3 Å². The molecule has 1 unspecified atom stereocenters. The van der Waals surface area contributed by atoms with Crippen LogP contribution in [0.2, 0.25) is 0 Å². The van der Waals surface area contributed by atoms with Crippen LogP contribution in [0.25, 0.3) is 0 Å². The fraction of sp³-hybridized carbons (Fsp3) is 0.350. The summed E-state index contributed by atoms with van der Waals surface area (Å²) in [6.45, 7) is 3.88. The summed E-state index contributed by atoms with van der Waals surface area (Å²) < 4.78 is 5.15. The van der Waals surface area contributed by atoms with Gasteiger partial charge in [0.1, 0.15) is 0 Å². The Hall–Kier alpha value is -3.09. The first kappa shape index (κ1) is 18.7. The molecular weight excluding hydrogens is 342 g/mol. The summed E-state index contributed by atoms with van der Waals surface area (Å²) in [7, 11) is 1.59. The van der Waals surface area contributed by atoms with Crippen LogP contribution in [0, 0.1) is 0 Å². The van der Waals surface area contributed by atoms with E-state index in [-0.39, 0.29) is 11.9 Å². The maximum absolute atomic E-state index is 12.4. The lowest BCUT2D eigenvalue weighted by molar-refractivity contribution is -0.117. The molecule has 3 rings (SSSR count). The Morgan fingerprint density at radius 3 is 2.89 bits per heavy atom. The molecule has 0 bridgehead atoms. The van der Waals surface area contributed by atoms with Gasteiger partial charge in [0.25, 0.3) is 0 Å². The van der Waals surface area contributed by atoms with Crippen molar-refractivity contribution < 1.29 is 9.53 Å². The summed E-state index contributed by atoms with van der Waals surface area (Å²) in [6, 6.07) is 13.5. The molecule has 142 valence electrons. The Balaban J connectivity index is 1.64. The van der Waals surface area contributed by atoms with Crippen LogP contribution in [0.1, 0.15) is 18.9 Å². The molecule has 1 aliphatic rings. The van der Waals surface area contributed by atoms with Crippen LogP contribution in [-0.4, -0.2) is 43.1 Å². The van der Waals surface area contributed by atoms with Crippen molar-refractivity contribution in [1.29, 1.82) is 0 Å². The Bertz CT molecular complexity index is 794. The highest BCUT2D eigenvalue weighted by atomic mass is 16.5. The van der Waals surface area contributed by atoms with Crippen molar-refractivity contribution in [2.24, 2.45) is 4.99 Å². The van der Waals surface area contributed by atoms with Crippen molar-refractivity contribution in [3.8, 4) is 5.88 Å². The predicted molar refractivity (Wildman–Crippen MR) is 106 cm³/mol. The lowest BCUT2D eigenvalue weighted by Crippen LogP contribution is -2.44. The van der Waals surface area contributed by atoms with Gasteiger partial charge in [-0.25, -0.2) is 9.98 Å². The number of anilines is 1. The van der Waals surface area contributed by atoms with Crippen molar-refractivity contribution >= 4 is 17.6 Å². The molecule has 1 fully saturated rings. The fourth-order valence-electron chi connectivity index (χ4n) is 3.01. The largest absolute Gasteiger partial charge is 0.481 e. The van der Waals surface area contributed by atoms with Crippen molar-refractivity contribution in [3.05, 3.63) is 54.2 Å². The highest BCUT2D eigenvalue weighted by molar-refractivity contribution is 5.97. The Morgan fingerprint density at radius 1 is 1.33 bits per heavy atom. The number of pyridine rings is 1. The van der Waals surface area contributed by atoms with Gasteiger partial charge in [0.15, 0.2) is 5.96 Å². The molecule has 1 saturated heterocycles. The number of benzene rings is 1. The molecule has 7 heteroatoms. The molecule has 1 aromatic heterocycles. The zero-order valence-corrected chi connectivity index (χ0v) is 15.7. The van der Waals surface area contributed by atoms with Gasteiger partial charge in [-0.15, -0.1) is 0 Å². The molecule has 1 aliphatic heterocycles. The number of carbonyl (C=O) groups is 1. The monoisotopic (exact) mass is 367 g/mol. The van der Waals surface area contributed by atoms with Crippen LogP contribution < -0.4 is 20.3 Å². The van der Waals surface area contributed by atoms with Crippen LogP contribution in [-0.2, 0) is 11.3 Å². The van der Waals surface area contributed by atoms with Gasteiger partial charge in [-0.2, -0.15) is 0 Å². The quantitative estimate of drug-likeness (QED) is 0.603. The van der Waals surface area contributed by atoms with Crippen LogP contribution >= 0.6 is 0 Å². The van der Waals surface area contributed by atoms with Gasteiger partial charge in [0.2, 0.25) is 11.8 Å². The third-order valence-electron chi connectivity index (χ3n) is 4.31. The van der Waals surface area contributed by atoms with E-state index in [0.717, 1.165) is 17.8 Å². The molecule has 1 amide bonds. The Labute approximate surface area is 159 Å². The standard InChI is InChI=1S/C20H25N5O2/c1-3-21-20(23-13-15-9-10-22-18(11-15)27-2)24-16-12-19(26)25(14-16)17-7-5-4-6-8-17/h4-11,16H,3,12-14H2,1-2H3,(H2,21,23,24). The second-order valence-electron chi connectivity index (χ2n) is 6.29. The number of guanidine groups is 1. The van der Waals surface area contributed by atoms with E-state index in [1.165, 1.54) is 0 Å². The molecule has 7 nitrogen and oxygen atoms in total. The fourth-order valence-corrected chi connectivity index (χ4v) is 3.01. The molecule has 2 aromatic rings. The van der Waals surface area contributed by atoms with Gasteiger partial charge >= 0.3 is 0 Å². The van der Waals surface area contributed by atoms with Crippen LogP contribution in [0.15, 0.2) is 53.7 Å². The smallest absolute Gasteiger partial charge is 0.229 e. The molecule has 2 heterocycles. The Kier molecular flexibility index (Phi) is 6.25. The van der Waals surface area contributed by atoms with Gasteiger partial charge in [-0.1, -0.05) is 18.2 Å².